The molecular weight excluding hydrogens is 325 g/mol. The first-order valence-corrected chi connectivity index (χ1v) is 7.16. The molecule has 2 aromatic rings. The molecule has 1 atom stereocenters. The Kier molecular flexibility index (Phi) is 4.54. The number of hydrogen-bond acceptors (Lipinski definition) is 3. The number of nitrogens with zero attached hydrogens (tertiary/aromatic N) is 2. The zero-order valence-electron chi connectivity index (χ0n) is 13.3. The first kappa shape index (κ1) is 17.8. The van der Waals surface area contributed by atoms with E-state index in [1.165, 1.54) is 25.2 Å². The smallest absolute Gasteiger partial charge is 0.368 e. The summed E-state index contributed by atoms with van der Waals surface area (Å²) in [7, 11) is 1.25. The van der Waals surface area contributed by atoms with Crippen LogP contribution >= 0.6 is 0 Å². The van der Waals surface area contributed by atoms with Crippen LogP contribution in [0.15, 0.2) is 18.2 Å². The van der Waals surface area contributed by atoms with Crippen molar-refractivity contribution in [2.24, 2.45) is 18.7 Å². The number of imidazole rings is 1. The highest BCUT2D eigenvalue weighted by Gasteiger charge is 2.36. The van der Waals surface area contributed by atoms with Crippen LogP contribution in [0, 0.1) is 5.92 Å². The summed E-state index contributed by atoms with van der Waals surface area (Å²) in [5.74, 6) is -2.56. The average Bonchev–Trinajstić information content (AvgIpc) is 2.80. The molecule has 0 aliphatic carbocycles. The van der Waals surface area contributed by atoms with Crippen molar-refractivity contribution in [1.82, 2.24) is 14.9 Å². The van der Waals surface area contributed by atoms with E-state index in [1.54, 1.807) is 13.8 Å². The Morgan fingerprint density at radius 1 is 1.29 bits per heavy atom. The molecule has 1 aromatic heterocycles. The number of nitrogens with two attached hydrogens (primary N) is 1. The number of amides is 2. The van der Waals surface area contributed by atoms with Crippen LogP contribution in [0.2, 0.25) is 0 Å². The van der Waals surface area contributed by atoms with E-state index < -0.39 is 29.9 Å². The summed E-state index contributed by atoms with van der Waals surface area (Å²) < 4.78 is 39.6. The SMILES string of the molecule is CC(C)[C@H](NC(=O)c1ccc2c(c1)nc(C(F)(F)F)n2C)C(N)=O. The molecule has 6 nitrogen and oxygen atoms in total. The predicted molar refractivity (Wildman–Crippen MR) is 81.0 cm³/mol. The fourth-order valence-electron chi connectivity index (χ4n) is 2.39. The molecule has 0 aliphatic rings. The van der Waals surface area contributed by atoms with E-state index in [-0.39, 0.29) is 22.5 Å². The number of aryl methyl sites for hydroxylation is 1. The summed E-state index contributed by atoms with van der Waals surface area (Å²) in [6.07, 6.45) is -4.59. The van der Waals surface area contributed by atoms with E-state index in [0.29, 0.717) is 0 Å². The fourth-order valence-corrected chi connectivity index (χ4v) is 2.39. The van der Waals surface area contributed by atoms with Crippen molar-refractivity contribution < 1.29 is 22.8 Å². The second kappa shape index (κ2) is 6.14. The maximum Gasteiger partial charge on any atom is 0.449 e. The maximum absolute atomic E-state index is 12.9. The molecule has 130 valence electrons. The molecule has 1 aromatic carbocycles. The first-order chi connectivity index (χ1) is 11.0. The number of aromatic nitrogens is 2. The van der Waals surface area contributed by atoms with Crippen molar-refractivity contribution in [3.05, 3.63) is 29.6 Å². The van der Waals surface area contributed by atoms with E-state index in [9.17, 15) is 22.8 Å². The Morgan fingerprint density at radius 3 is 2.42 bits per heavy atom. The molecule has 0 unspecified atom stereocenters. The summed E-state index contributed by atoms with van der Waals surface area (Å²) in [4.78, 5) is 27.1. The van der Waals surface area contributed by atoms with Gasteiger partial charge in [-0.3, -0.25) is 9.59 Å². The number of carbonyl (C=O) groups excluding carboxylic acids is 2. The van der Waals surface area contributed by atoms with Gasteiger partial charge in [0.25, 0.3) is 5.91 Å². The summed E-state index contributed by atoms with van der Waals surface area (Å²) in [5.41, 5.74) is 5.61. The molecule has 0 fully saturated rings. The third-order valence-electron chi connectivity index (χ3n) is 3.66. The van der Waals surface area contributed by atoms with E-state index in [2.05, 4.69) is 10.3 Å². The van der Waals surface area contributed by atoms with Gasteiger partial charge in [0.15, 0.2) is 0 Å². The molecule has 1 heterocycles. The van der Waals surface area contributed by atoms with Gasteiger partial charge in [-0.05, 0) is 24.1 Å². The minimum Gasteiger partial charge on any atom is -0.368 e. The van der Waals surface area contributed by atoms with Gasteiger partial charge in [0.1, 0.15) is 6.04 Å². The number of halogens is 3. The maximum atomic E-state index is 12.9. The molecule has 9 heteroatoms. The van der Waals surface area contributed by atoms with Gasteiger partial charge in [-0.15, -0.1) is 0 Å². The largest absolute Gasteiger partial charge is 0.449 e. The lowest BCUT2D eigenvalue weighted by atomic mass is 10.0. The van der Waals surface area contributed by atoms with Crippen LogP contribution in [0.4, 0.5) is 13.2 Å². The minimum atomic E-state index is -4.59. The van der Waals surface area contributed by atoms with E-state index in [0.717, 1.165) is 4.57 Å². The summed E-state index contributed by atoms with van der Waals surface area (Å²) in [5, 5.41) is 2.48. The number of benzene rings is 1. The molecule has 2 rings (SSSR count). The highest BCUT2D eigenvalue weighted by atomic mass is 19.4. The van der Waals surface area contributed by atoms with Crippen LogP contribution in [0.5, 0.6) is 0 Å². The number of carbonyl (C=O) groups is 2. The second-order valence-electron chi connectivity index (χ2n) is 5.79. The molecule has 0 spiro atoms. The number of fused-ring (bicyclic) bond motifs is 1. The highest BCUT2D eigenvalue weighted by molar-refractivity contribution is 5.99. The lowest BCUT2D eigenvalue weighted by Crippen LogP contribution is -2.47. The first-order valence-electron chi connectivity index (χ1n) is 7.16. The van der Waals surface area contributed by atoms with Crippen molar-refractivity contribution >= 4 is 22.8 Å². The van der Waals surface area contributed by atoms with Crippen molar-refractivity contribution in [2.45, 2.75) is 26.1 Å². The van der Waals surface area contributed by atoms with Crippen LogP contribution in [0.3, 0.4) is 0 Å². The molecule has 0 aliphatic heterocycles. The van der Waals surface area contributed by atoms with Crippen LogP contribution in [-0.2, 0) is 18.0 Å². The third-order valence-corrected chi connectivity index (χ3v) is 3.66. The lowest BCUT2D eigenvalue weighted by Gasteiger charge is -2.18. The number of rotatable bonds is 4. The van der Waals surface area contributed by atoms with Gasteiger partial charge in [0.05, 0.1) is 11.0 Å². The fraction of sp³-hybridized carbons (Fsp3) is 0.400. The van der Waals surface area contributed by atoms with Crippen LogP contribution in [-0.4, -0.2) is 27.4 Å². The van der Waals surface area contributed by atoms with Gasteiger partial charge in [-0.2, -0.15) is 13.2 Å². The topological polar surface area (TPSA) is 90.0 Å². The molecule has 2 amide bonds. The molecule has 0 saturated carbocycles. The number of hydrogen-bond donors (Lipinski definition) is 2. The zero-order chi connectivity index (χ0) is 18.2. The van der Waals surface area contributed by atoms with Gasteiger partial charge in [-0.25, -0.2) is 4.98 Å². The van der Waals surface area contributed by atoms with Crippen LogP contribution in [0.25, 0.3) is 11.0 Å². The van der Waals surface area contributed by atoms with Crippen molar-refractivity contribution in [3.63, 3.8) is 0 Å². The molecule has 0 radical (unpaired) electrons. The highest BCUT2D eigenvalue weighted by Crippen LogP contribution is 2.30. The Hall–Kier alpha value is -2.58. The Labute approximate surface area is 135 Å². The van der Waals surface area contributed by atoms with Crippen LogP contribution < -0.4 is 11.1 Å². The second-order valence-corrected chi connectivity index (χ2v) is 5.79. The predicted octanol–water partition coefficient (Wildman–Crippen LogP) is 1.83. The summed E-state index contributed by atoms with van der Waals surface area (Å²) >= 11 is 0. The van der Waals surface area contributed by atoms with E-state index in [1.807, 2.05) is 0 Å². The standard InChI is InChI=1S/C15H17F3N4O2/c1-7(2)11(12(19)23)21-13(24)8-4-5-10-9(6-8)20-14(22(10)3)15(16,17)18/h4-7,11H,1-3H3,(H2,19,23)(H,21,24)/t11-/m0/s1. The quantitative estimate of drug-likeness (QED) is 0.888. The number of alkyl halides is 3. The van der Waals surface area contributed by atoms with Crippen molar-refractivity contribution in [2.75, 3.05) is 0 Å². The van der Waals surface area contributed by atoms with Gasteiger partial charge >= 0.3 is 6.18 Å². The number of primary amides is 1. The van der Waals surface area contributed by atoms with Gasteiger partial charge in [0.2, 0.25) is 11.7 Å². The minimum absolute atomic E-state index is 0.0395. The van der Waals surface area contributed by atoms with E-state index in [4.69, 9.17) is 5.73 Å². The normalized spacial score (nSPS) is 13.3. The summed E-state index contributed by atoms with van der Waals surface area (Å²) in [6, 6.07) is 3.12. The monoisotopic (exact) mass is 342 g/mol. The average molecular weight is 342 g/mol. The Bertz CT molecular complexity index is 796. The molecule has 24 heavy (non-hydrogen) atoms. The van der Waals surface area contributed by atoms with Gasteiger partial charge < -0.3 is 15.6 Å². The van der Waals surface area contributed by atoms with Crippen molar-refractivity contribution in [3.8, 4) is 0 Å². The van der Waals surface area contributed by atoms with Gasteiger partial charge in [0, 0.05) is 12.6 Å². The lowest BCUT2D eigenvalue weighted by molar-refractivity contribution is -0.146. The molecule has 0 saturated heterocycles. The van der Waals surface area contributed by atoms with Gasteiger partial charge in [-0.1, -0.05) is 13.8 Å². The molecule has 3 N–H and O–H groups in total. The summed E-state index contributed by atoms with van der Waals surface area (Å²) in [6.45, 7) is 3.43. The van der Waals surface area contributed by atoms with E-state index >= 15 is 0 Å². The Balaban J connectivity index is 2.37. The molecular formula is C15H17F3N4O2. The molecule has 0 bridgehead atoms. The Morgan fingerprint density at radius 2 is 1.92 bits per heavy atom. The zero-order valence-corrected chi connectivity index (χ0v) is 13.3. The number of nitrogens with one attached hydrogen (secondary N) is 1. The van der Waals surface area contributed by atoms with Crippen molar-refractivity contribution in [1.29, 1.82) is 0 Å². The third kappa shape index (κ3) is 3.34. The van der Waals surface area contributed by atoms with Crippen LogP contribution in [0.1, 0.15) is 30.0 Å².